The smallest absolute Gasteiger partial charge is 0.267 e. The number of piperazine rings is 1. The molecular formula is C19H21N7OS. The monoisotopic (exact) mass is 395 g/mol. The van der Waals surface area contributed by atoms with Crippen molar-refractivity contribution < 1.29 is 0 Å². The summed E-state index contributed by atoms with van der Waals surface area (Å²) in [7, 11) is 0. The first-order valence-electron chi connectivity index (χ1n) is 9.07. The molecule has 4 heterocycles. The molecule has 8 nitrogen and oxygen atoms in total. The van der Waals surface area contributed by atoms with E-state index in [1.807, 2.05) is 24.5 Å². The van der Waals surface area contributed by atoms with E-state index >= 15 is 0 Å². The van der Waals surface area contributed by atoms with Crippen LogP contribution in [-0.4, -0.2) is 57.2 Å². The number of rotatable bonds is 5. The fourth-order valence-electron chi connectivity index (χ4n) is 3.15. The quantitative estimate of drug-likeness (QED) is 0.475. The lowest BCUT2D eigenvalue weighted by molar-refractivity contribution is 0.598. The van der Waals surface area contributed by atoms with Crippen LogP contribution in [0.5, 0.6) is 0 Å². The van der Waals surface area contributed by atoms with Gasteiger partial charge in [0.1, 0.15) is 11.6 Å². The van der Waals surface area contributed by atoms with Gasteiger partial charge in [-0.3, -0.25) is 9.78 Å². The van der Waals surface area contributed by atoms with Crippen LogP contribution < -0.4 is 15.4 Å². The summed E-state index contributed by atoms with van der Waals surface area (Å²) < 4.78 is 1.51. The van der Waals surface area contributed by atoms with Crippen molar-refractivity contribution in [1.29, 1.82) is 0 Å². The van der Waals surface area contributed by atoms with Gasteiger partial charge in [-0.1, -0.05) is 11.8 Å². The normalized spacial score (nSPS) is 14.3. The van der Waals surface area contributed by atoms with Crippen LogP contribution in [0, 0.1) is 0 Å². The number of nitrogens with zero attached hydrogens (tertiary/aromatic N) is 7. The van der Waals surface area contributed by atoms with E-state index in [-0.39, 0.29) is 5.56 Å². The first kappa shape index (κ1) is 18.4. The van der Waals surface area contributed by atoms with Gasteiger partial charge in [-0.2, -0.15) is 5.10 Å². The van der Waals surface area contributed by atoms with Crippen LogP contribution in [0.25, 0.3) is 0 Å². The summed E-state index contributed by atoms with van der Waals surface area (Å²) in [6.07, 6.45) is 7.22. The van der Waals surface area contributed by atoms with Crippen LogP contribution in [0.3, 0.4) is 0 Å². The Bertz CT molecular complexity index is 987. The largest absolute Gasteiger partial charge is 0.353 e. The van der Waals surface area contributed by atoms with Crippen molar-refractivity contribution in [2.45, 2.75) is 11.7 Å². The van der Waals surface area contributed by atoms with Gasteiger partial charge in [-0.15, -0.1) is 0 Å². The molecule has 3 aromatic heterocycles. The highest BCUT2D eigenvalue weighted by Crippen LogP contribution is 2.18. The number of aromatic nitrogens is 5. The highest BCUT2D eigenvalue weighted by atomic mass is 32.2. The van der Waals surface area contributed by atoms with Crippen molar-refractivity contribution in [2.24, 2.45) is 0 Å². The zero-order valence-electron chi connectivity index (χ0n) is 15.6. The average molecular weight is 395 g/mol. The Morgan fingerprint density at radius 1 is 0.929 bits per heavy atom. The molecule has 0 radical (unpaired) electrons. The standard InChI is InChI=1S/C19H21N7OS/c1-28-19-21-9-6-16(22-19)24-10-12-25(13-11-24)17-2-3-18(27)26(23-17)14-15-4-7-20-8-5-15/h2-9H,10-14H2,1H3. The molecule has 1 saturated heterocycles. The first-order valence-corrected chi connectivity index (χ1v) is 10.3. The topological polar surface area (TPSA) is 80.0 Å². The van der Waals surface area contributed by atoms with Crippen LogP contribution >= 0.6 is 11.8 Å². The summed E-state index contributed by atoms with van der Waals surface area (Å²) in [4.78, 5) is 29.5. The summed E-state index contributed by atoms with van der Waals surface area (Å²) in [6, 6.07) is 9.12. The van der Waals surface area contributed by atoms with Gasteiger partial charge in [0.05, 0.1) is 6.54 Å². The fourth-order valence-corrected chi connectivity index (χ4v) is 3.50. The van der Waals surface area contributed by atoms with Crippen molar-refractivity contribution in [3.05, 3.63) is 64.8 Å². The summed E-state index contributed by atoms with van der Waals surface area (Å²) in [5.41, 5.74) is 0.893. The maximum atomic E-state index is 12.2. The highest BCUT2D eigenvalue weighted by Gasteiger charge is 2.20. The number of hydrogen-bond donors (Lipinski definition) is 0. The van der Waals surface area contributed by atoms with Crippen LogP contribution in [0.1, 0.15) is 5.56 Å². The van der Waals surface area contributed by atoms with E-state index in [2.05, 4.69) is 29.9 Å². The molecule has 0 aliphatic carbocycles. The van der Waals surface area contributed by atoms with E-state index < -0.39 is 0 Å². The van der Waals surface area contributed by atoms with Gasteiger partial charge in [-0.05, 0) is 36.1 Å². The van der Waals surface area contributed by atoms with Crippen LogP contribution in [-0.2, 0) is 6.54 Å². The molecule has 0 amide bonds. The number of anilines is 2. The minimum atomic E-state index is -0.107. The molecule has 0 N–H and O–H groups in total. The van der Waals surface area contributed by atoms with Gasteiger partial charge in [0.25, 0.3) is 5.56 Å². The Balaban J connectivity index is 1.46. The Kier molecular flexibility index (Phi) is 5.52. The number of thioether (sulfide) groups is 1. The fraction of sp³-hybridized carbons (Fsp3) is 0.316. The molecule has 144 valence electrons. The molecule has 0 spiro atoms. The predicted molar refractivity (Wildman–Crippen MR) is 110 cm³/mol. The van der Waals surface area contributed by atoms with Crippen LogP contribution in [0.4, 0.5) is 11.6 Å². The number of hydrogen-bond acceptors (Lipinski definition) is 8. The third-order valence-corrected chi connectivity index (χ3v) is 5.23. The van der Waals surface area contributed by atoms with Gasteiger partial charge in [0.2, 0.25) is 0 Å². The molecule has 0 saturated carbocycles. The van der Waals surface area contributed by atoms with Gasteiger partial charge in [-0.25, -0.2) is 14.6 Å². The molecule has 0 bridgehead atoms. The van der Waals surface area contributed by atoms with Gasteiger partial charge in [0, 0.05) is 50.8 Å². The summed E-state index contributed by atoms with van der Waals surface area (Å²) in [5.74, 6) is 1.77. The molecule has 0 aromatic carbocycles. The van der Waals surface area contributed by atoms with E-state index in [0.29, 0.717) is 6.54 Å². The second kappa shape index (κ2) is 8.39. The van der Waals surface area contributed by atoms with Crippen molar-refractivity contribution in [3.8, 4) is 0 Å². The zero-order chi connectivity index (χ0) is 19.3. The summed E-state index contributed by atoms with van der Waals surface area (Å²) in [6.45, 7) is 3.76. The molecular weight excluding hydrogens is 374 g/mol. The van der Waals surface area contributed by atoms with Crippen LogP contribution in [0.2, 0.25) is 0 Å². The average Bonchev–Trinajstić information content (AvgIpc) is 2.76. The molecule has 3 aromatic rings. The minimum Gasteiger partial charge on any atom is -0.353 e. The minimum absolute atomic E-state index is 0.107. The lowest BCUT2D eigenvalue weighted by atomic mass is 10.3. The molecule has 0 unspecified atom stereocenters. The summed E-state index contributed by atoms with van der Waals surface area (Å²) >= 11 is 1.54. The van der Waals surface area contributed by atoms with Crippen molar-refractivity contribution in [3.63, 3.8) is 0 Å². The molecule has 28 heavy (non-hydrogen) atoms. The van der Waals surface area contributed by atoms with Crippen LogP contribution in [0.15, 0.2) is 58.9 Å². The second-order valence-corrected chi connectivity index (χ2v) is 7.19. The second-order valence-electron chi connectivity index (χ2n) is 6.42. The van der Waals surface area contributed by atoms with Gasteiger partial charge < -0.3 is 9.80 Å². The molecule has 0 atom stereocenters. The third-order valence-electron chi connectivity index (χ3n) is 4.66. The Morgan fingerprint density at radius 2 is 1.64 bits per heavy atom. The Morgan fingerprint density at radius 3 is 2.36 bits per heavy atom. The molecule has 1 fully saturated rings. The molecule has 9 heteroatoms. The molecule has 4 rings (SSSR count). The zero-order valence-corrected chi connectivity index (χ0v) is 16.4. The van der Waals surface area contributed by atoms with Gasteiger partial charge >= 0.3 is 0 Å². The van der Waals surface area contributed by atoms with Gasteiger partial charge in [0.15, 0.2) is 5.16 Å². The third kappa shape index (κ3) is 4.14. The van der Waals surface area contributed by atoms with Crippen molar-refractivity contribution in [1.82, 2.24) is 24.7 Å². The van der Waals surface area contributed by atoms with E-state index in [4.69, 9.17) is 0 Å². The lowest BCUT2D eigenvalue weighted by Crippen LogP contribution is -2.47. The SMILES string of the molecule is CSc1nccc(N2CCN(c3ccc(=O)n(Cc4ccncc4)n3)CC2)n1. The lowest BCUT2D eigenvalue weighted by Gasteiger charge is -2.36. The van der Waals surface area contributed by atoms with E-state index in [1.54, 1.807) is 42.5 Å². The molecule has 1 aliphatic heterocycles. The predicted octanol–water partition coefficient (Wildman–Crippen LogP) is 1.53. The Hall–Kier alpha value is -2.94. The van der Waals surface area contributed by atoms with E-state index in [1.165, 1.54) is 4.68 Å². The van der Waals surface area contributed by atoms with E-state index in [9.17, 15) is 4.79 Å². The highest BCUT2D eigenvalue weighted by molar-refractivity contribution is 7.98. The Labute approximate surface area is 167 Å². The first-order chi connectivity index (χ1) is 13.7. The maximum absolute atomic E-state index is 12.2. The number of pyridine rings is 1. The summed E-state index contributed by atoms with van der Waals surface area (Å²) in [5, 5.41) is 5.36. The maximum Gasteiger partial charge on any atom is 0.267 e. The van der Waals surface area contributed by atoms with E-state index in [0.717, 1.165) is 48.5 Å². The van der Waals surface area contributed by atoms with Crippen molar-refractivity contribution >= 4 is 23.4 Å². The van der Waals surface area contributed by atoms with Crippen molar-refractivity contribution in [2.75, 3.05) is 42.2 Å². The molecule has 1 aliphatic rings.